The Labute approximate surface area is 159 Å². The highest BCUT2D eigenvalue weighted by Gasteiger charge is 2.85. The van der Waals surface area contributed by atoms with Gasteiger partial charge in [0.15, 0.2) is 11.2 Å². The lowest BCUT2D eigenvalue weighted by atomic mass is 9.62. The molecule has 2 aliphatic heterocycles. The SMILES string of the molecule is C[C@H]1CC[C@@H]2[C@H]3C(=O)[C@]45C(=O)N(C)[C@H](CO)[C@@]4(O)O[C@H](C)[C@@H]5[C@H]3C=C[C@H]2C1. The van der Waals surface area contributed by atoms with Crippen molar-refractivity contribution in [3.05, 3.63) is 12.2 Å². The third-order valence-corrected chi connectivity index (χ3v) is 8.47. The molecular weight excluding hydrogens is 346 g/mol. The molecule has 2 N–H and O–H groups in total. The van der Waals surface area contributed by atoms with Crippen LogP contribution in [0.3, 0.4) is 0 Å². The number of aliphatic hydroxyl groups is 2. The topological polar surface area (TPSA) is 87.1 Å². The molecule has 2 saturated carbocycles. The predicted molar refractivity (Wildman–Crippen MR) is 96.2 cm³/mol. The molecule has 0 unspecified atom stereocenters. The molecule has 0 bridgehead atoms. The number of likely N-dealkylation sites (tertiary alicyclic amines) is 1. The Morgan fingerprint density at radius 3 is 2.70 bits per heavy atom. The Hall–Kier alpha value is -1.24. The number of likely N-dealkylation sites (N-methyl/N-ethyl adjacent to an activating group) is 1. The zero-order valence-electron chi connectivity index (χ0n) is 16.2. The van der Waals surface area contributed by atoms with Crippen molar-refractivity contribution >= 4 is 11.7 Å². The summed E-state index contributed by atoms with van der Waals surface area (Å²) in [6.07, 6.45) is 7.15. The van der Waals surface area contributed by atoms with Gasteiger partial charge in [-0.3, -0.25) is 9.59 Å². The van der Waals surface area contributed by atoms with E-state index in [2.05, 4.69) is 19.1 Å². The monoisotopic (exact) mass is 375 g/mol. The number of nitrogens with zero attached hydrogens (tertiary/aromatic N) is 1. The van der Waals surface area contributed by atoms with Gasteiger partial charge in [0.25, 0.3) is 0 Å². The van der Waals surface area contributed by atoms with Gasteiger partial charge in [-0.15, -0.1) is 0 Å². The van der Waals surface area contributed by atoms with Crippen LogP contribution in [0.15, 0.2) is 12.2 Å². The summed E-state index contributed by atoms with van der Waals surface area (Å²) < 4.78 is 5.93. The van der Waals surface area contributed by atoms with Crippen molar-refractivity contribution in [3.8, 4) is 0 Å². The number of ketones is 1. The quantitative estimate of drug-likeness (QED) is 0.527. The average molecular weight is 375 g/mol. The number of rotatable bonds is 1. The largest absolute Gasteiger partial charge is 0.394 e. The number of Topliss-reactive ketones (excluding diaryl/α,β-unsaturated/α-hetero) is 1. The van der Waals surface area contributed by atoms with E-state index in [1.54, 1.807) is 7.05 Å². The highest BCUT2D eigenvalue weighted by atomic mass is 16.6. The van der Waals surface area contributed by atoms with Gasteiger partial charge in [0.1, 0.15) is 6.04 Å². The molecule has 6 nitrogen and oxygen atoms in total. The van der Waals surface area contributed by atoms with Crippen LogP contribution >= 0.6 is 0 Å². The van der Waals surface area contributed by atoms with Crippen molar-refractivity contribution < 1.29 is 24.5 Å². The van der Waals surface area contributed by atoms with Gasteiger partial charge in [0, 0.05) is 18.9 Å². The van der Waals surface area contributed by atoms with Gasteiger partial charge >= 0.3 is 0 Å². The minimum Gasteiger partial charge on any atom is -0.394 e. The first-order chi connectivity index (χ1) is 12.8. The Morgan fingerprint density at radius 2 is 2.00 bits per heavy atom. The molecule has 0 aromatic carbocycles. The number of carbonyl (C=O) groups excluding carboxylic acids is 2. The van der Waals surface area contributed by atoms with E-state index >= 15 is 0 Å². The predicted octanol–water partition coefficient (Wildman–Crippen LogP) is 0.966. The molecule has 4 fully saturated rings. The van der Waals surface area contributed by atoms with Gasteiger partial charge < -0.3 is 19.8 Å². The number of aliphatic hydroxyl groups excluding tert-OH is 1. The molecular formula is C21H29NO5. The van der Waals surface area contributed by atoms with E-state index in [9.17, 15) is 19.8 Å². The molecule has 2 heterocycles. The van der Waals surface area contributed by atoms with Gasteiger partial charge in [0.2, 0.25) is 11.7 Å². The van der Waals surface area contributed by atoms with Crippen LogP contribution in [0.1, 0.15) is 33.1 Å². The number of allylic oxidation sites excluding steroid dienone is 2. The Balaban J connectivity index is 1.66. The minimum absolute atomic E-state index is 0.0778. The summed E-state index contributed by atoms with van der Waals surface area (Å²) in [4.78, 5) is 28.7. The van der Waals surface area contributed by atoms with Crippen molar-refractivity contribution in [3.63, 3.8) is 0 Å². The van der Waals surface area contributed by atoms with Gasteiger partial charge in [-0.25, -0.2) is 0 Å². The Morgan fingerprint density at radius 1 is 1.26 bits per heavy atom. The van der Waals surface area contributed by atoms with Gasteiger partial charge in [0.05, 0.1) is 12.7 Å². The standard InChI is InChI=1S/C21H29NO5/c1-10-4-6-13-12(8-10)5-7-14-16(13)18(24)20-17(14)11(2)27-21(20,26)15(9-23)22(3)19(20)25/h5,7,10-17,23,26H,4,6,8-9H2,1-3H3/t10-,11+,12-,13-,14-,15+,16+,17+,20+,21+/m0/s1. The fourth-order valence-corrected chi connectivity index (χ4v) is 7.42. The molecule has 1 spiro atoms. The highest BCUT2D eigenvalue weighted by Crippen LogP contribution is 2.68. The number of hydrogen-bond acceptors (Lipinski definition) is 5. The second-order valence-electron chi connectivity index (χ2n) is 9.57. The van der Waals surface area contributed by atoms with Gasteiger partial charge in [-0.1, -0.05) is 25.5 Å². The minimum atomic E-state index is -1.95. The maximum Gasteiger partial charge on any atom is 0.242 e. The third kappa shape index (κ3) is 1.79. The average Bonchev–Trinajstić information content (AvgIpc) is 3.10. The molecule has 1 amide bonds. The molecule has 0 radical (unpaired) electrons. The maximum absolute atomic E-state index is 13.9. The summed E-state index contributed by atoms with van der Waals surface area (Å²) in [5.74, 6) is -1.89. The van der Waals surface area contributed by atoms with Crippen molar-refractivity contribution in [1.82, 2.24) is 4.90 Å². The van der Waals surface area contributed by atoms with E-state index in [1.807, 2.05) is 6.92 Å². The molecule has 3 aliphatic carbocycles. The Bertz CT molecular complexity index is 736. The van der Waals surface area contributed by atoms with E-state index in [0.717, 1.165) is 19.3 Å². The molecule has 27 heavy (non-hydrogen) atoms. The second-order valence-corrected chi connectivity index (χ2v) is 9.57. The van der Waals surface area contributed by atoms with Crippen LogP contribution in [0.5, 0.6) is 0 Å². The zero-order valence-corrected chi connectivity index (χ0v) is 16.2. The van der Waals surface area contributed by atoms with E-state index in [-0.39, 0.29) is 35.4 Å². The van der Waals surface area contributed by atoms with E-state index in [1.165, 1.54) is 4.90 Å². The molecule has 2 saturated heterocycles. The summed E-state index contributed by atoms with van der Waals surface area (Å²) in [6, 6.07) is -0.910. The van der Waals surface area contributed by atoms with Crippen LogP contribution in [0.25, 0.3) is 0 Å². The molecule has 5 aliphatic rings. The van der Waals surface area contributed by atoms with Crippen molar-refractivity contribution in [2.24, 2.45) is 40.9 Å². The van der Waals surface area contributed by atoms with Crippen LogP contribution in [0, 0.1) is 40.9 Å². The van der Waals surface area contributed by atoms with Crippen molar-refractivity contribution in [2.75, 3.05) is 13.7 Å². The lowest BCUT2D eigenvalue weighted by molar-refractivity contribution is -0.239. The lowest BCUT2D eigenvalue weighted by Crippen LogP contribution is -2.56. The van der Waals surface area contributed by atoms with Gasteiger partial charge in [-0.05, 0) is 43.4 Å². The van der Waals surface area contributed by atoms with Gasteiger partial charge in [-0.2, -0.15) is 0 Å². The number of fused-ring (bicyclic) bond motifs is 4. The molecule has 10 atom stereocenters. The summed E-state index contributed by atoms with van der Waals surface area (Å²) in [7, 11) is 1.55. The summed E-state index contributed by atoms with van der Waals surface area (Å²) in [6.45, 7) is 3.68. The van der Waals surface area contributed by atoms with Crippen LogP contribution in [0.4, 0.5) is 0 Å². The molecule has 0 aromatic rings. The summed E-state index contributed by atoms with van der Waals surface area (Å²) >= 11 is 0. The fraction of sp³-hybridized carbons (Fsp3) is 0.810. The normalized spacial score (nSPS) is 56.1. The first-order valence-corrected chi connectivity index (χ1v) is 10.3. The first-order valence-electron chi connectivity index (χ1n) is 10.3. The maximum atomic E-state index is 13.9. The molecule has 148 valence electrons. The lowest BCUT2D eigenvalue weighted by Gasteiger charge is -2.42. The van der Waals surface area contributed by atoms with Crippen LogP contribution in [-0.2, 0) is 14.3 Å². The first kappa shape index (κ1) is 17.8. The smallest absolute Gasteiger partial charge is 0.242 e. The fourth-order valence-electron chi connectivity index (χ4n) is 7.42. The number of amides is 1. The van der Waals surface area contributed by atoms with Crippen LogP contribution < -0.4 is 0 Å². The van der Waals surface area contributed by atoms with E-state index < -0.39 is 30.0 Å². The Kier molecular flexibility index (Phi) is 3.58. The molecule has 0 aromatic heterocycles. The van der Waals surface area contributed by atoms with Crippen LogP contribution in [-0.4, -0.2) is 58.4 Å². The summed E-state index contributed by atoms with van der Waals surface area (Å²) in [5.41, 5.74) is -1.58. The third-order valence-electron chi connectivity index (χ3n) is 8.47. The molecule has 5 rings (SSSR count). The number of carbonyl (C=O) groups is 2. The number of hydrogen-bond donors (Lipinski definition) is 2. The highest BCUT2D eigenvalue weighted by molar-refractivity contribution is 6.13. The molecule has 6 heteroatoms. The number of ether oxygens (including phenoxy) is 1. The second kappa shape index (κ2) is 5.43. The van der Waals surface area contributed by atoms with E-state index in [4.69, 9.17) is 4.74 Å². The van der Waals surface area contributed by atoms with Crippen molar-refractivity contribution in [2.45, 2.75) is 51.0 Å². The van der Waals surface area contributed by atoms with Crippen LogP contribution in [0.2, 0.25) is 0 Å². The van der Waals surface area contributed by atoms with Crippen molar-refractivity contribution in [1.29, 1.82) is 0 Å². The summed E-state index contributed by atoms with van der Waals surface area (Å²) in [5, 5.41) is 21.4. The van der Waals surface area contributed by atoms with E-state index in [0.29, 0.717) is 11.8 Å². The zero-order chi connectivity index (χ0) is 19.3.